The number of hydrogen-bond donors (Lipinski definition) is 0. The number of rotatable bonds is 6. The molecule has 0 fully saturated rings. The van der Waals surface area contributed by atoms with Crippen LogP contribution in [0.3, 0.4) is 0 Å². The molecule has 1 nitrogen and oxygen atoms in total. The Bertz CT molecular complexity index is 3380. The first-order valence-corrected chi connectivity index (χ1v) is 22.8. The summed E-state index contributed by atoms with van der Waals surface area (Å²) in [4.78, 5) is 2.46. The summed E-state index contributed by atoms with van der Waals surface area (Å²) in [6.07, 6.45) is 0. The highest BCUT2D eigenvalue weighted by molar-refractivity contribution is 5.96. The topological polar surface area (TPSA) is 3.24 Å². The number of nitrogens with zero attached hydrogens (tertiary/aromatic N) is 1. The summed E-state index contributed by atoms with van der Waals surface area (Å²) in [6.45, 7) is 4.73. The van der Waals surface area contributed by atoms with Crippen molar-refractivity contribution in [2.45, 2.75) is 24.7 Å². The van der Waals surface area contributed by atoms with Gasteiger partial charge in [-0.15, -0.1) is 0 Å². The summed E-state index contributed by atoms with van der Waals surface area (Å²) in [7, 11) is 0. The smallest absolute Gasteiger partial charge is 0.0725 e. The average Bonchev–Trinajstić information content (AvgIpc) is 3.93. The second-order valence-corrected chi connectivity index (χ2v) is 18.4. The quantitative estimate of drug-likeness (QED) is 0.161. The van der Waals surface area contributed by atoms with Crippen LogP contribution >= 0.6 is 0 Å². The van der Waals surface area contributed by atoms with Gasteiger partial charge in [-0.25, -0.2) is 0 Å². The summed E-state index contributed by atoms with van der Waals surface area (Å²) < 4.78 is 0. The van der Waals surface area contributed by atoms with Crippen molar-refractivity contribution in [3.8, 4) is 66.8 Å². The van der Waals surface area contributed by atoms with Crippen molar-refractivity contribution in [1.82, 2.24) is 0 Å². The molecule has 1 spiro atoms. The fraction of sp³-hybridized carbons (Fsp3) is 0.0625. The van der Waals surface area contributed by atoms with Gasteiger partial charge in [0.2, 0.25) is 0 Å². The first kappa shape index (κ1) is 37.5. The zero-order valence-corrected chi connectivity index (χ0v) is 36.5. The molecule has 0 unspecified atom stereocenters. The molecule has 0 aliphatic heterocycles. The molecule has 10 aromatic rings. The predicted octanol–water partition coefficient (Wildman–Crippen LogP) is 16.8. The molecule has 0 saturated carbocycles. The maximum Gasteiger partial charge on any atom is 0.0725 e. The Kier molecular flexibility index (Phi) is 8.24. The molecule has 0 aromatic heterocycles. The maximum atomic E-state index is 2.48. The van der Waals surface area contributed by atoms with Crippen LogP contribution in [-0.2, 0) is 10.8 Å². The van der Waals surface area contributed by atoms with E-state index in [1.165, 1.54) is 100 Å². The van der Waals surface area contributed by atoms with Gasteiger partial charge in [0.25, 0.3) is 0 Å². The third-order valence-corrected chi connectivity index (χ3v) is 14.7. The molecule has 10 aromatic carbocycles. The minimum absolute atomic E-state index is 0.135. The lowest BCUT2D eigenvalue weighted by molar-refractivity contribution is 0.660. The van der Waals surface area contributed by atoms with Crippen LogP contribution in [0.2, 0.25) is 0 Å². The Hall–Kier alpha value is -8.00. The van der Waals surface area contributed by atoms with E-state index in [0.29, 0.717) is 0 Å². The van der Waals surface area contributed by atoms with E-state index in [2.05, 4.69) is 255 Å². The van der Waals surface area contributed by atoms with E-state index in [4.69, 9.17) is 0 Å². The molecule has 3 aliphatic carbocycles. The van der Waals surface area contributed by atoms with E-state index >= 15 is 0 Å². The van der Waals surface area contributed by atoms with Gasteiger partial charge in [-0.3, -0.25) is 0 Å². The molecule has 0 saturated heterocycles. The van der Waals surface area contributed by atoms with Crippen molar-refractivity contribution in [3.05, 3.63) is 270 Å². The number of fused-ring (bicyclic) bond motifs is 13. The van der Waals surface area contributed by atoms with E-state index in [-0.39, 0.29) is 10.8 Å². The van der Waals surface area contributed by atoms with Crippen LogP contribution in [0.25, 0.3) is 66.8 Å². The normalized spacial score (nSPS) is 13.9. The Morgan fingerprint density at radius 1 is 0.246 bits per heavy atom. The molecule has 0 heterocycles. The van der Waals surface area contributed by atoms with E-state index in [9.17, 15) is 0 Å². The maximum absolute atomic E-state index is 2.48. The summed E-state index contributed by atoms with van der Waals surface area (Å²) in [5.41, 5.74) is 26.1. The fourth-order valence-corrected chi connectivity index (χ4v) is 11.7. The molecule has 3 aliphatic rings. The number of anilines is 3. The largest absolute Gasteiger partial charge is 0.310 e. The van der Waals surface area contributed by atoms with Crippen LogP contribution in [0.1, 0.15) is 47.2 Å². The molecule has 1 heteroatoms. The van der Waals surface area contributed by atoms with Gasteiger partial charge in [-0.1, -0.05) is 202 Å². The lowest BCUT2D eigenvalue weighted by Gasteiger charge is -2.30. The Morgan fingerprint density at radius 3 is 1.20 bits per heavy atom. The third kappa shape index (κ3) is 5.52. The van der Waals surface area contributed by atoms with Crippen LogP contribution in [0.4, 0.5) is 17.1 Å². The van der Waals surface area contributed by atoms with Crippen molar-refractivity contribution < 1.29 is 0 Å². The van der Waals surface area contributed by atoms with Gasteiger partial charge < -0.3 is 4.90 Å². The molecular formula is C64H45N. The SMILES string of the molecule is CC1(C)c2ccccc2-c2ccc(N(c3ccc(-c4ccc5c(c4)C4(c6ccccc6-c6ccccc64)c4ccccc4-5)cc3)c3cc(-c4ccccc4)cc(-c4ccccc4)c3)cc21. The highest BCUT2D eigenvalue weighted by atomic mass is 15.1. The number of hydrogen-bond acceptors (Lipinski definition) is 1. The second-order valence-electron chi connectivity index (χ2n) is 18.4. The molecule has 0 atom stereocenters. The van der Waals surface area contributed by atoms with Gasteiger partial charge in [0.1, 0.15) is 0 Å². The standard InChI is InChI=1S/C64H45N/c1-63(2)57-25-13-9-21-51(57)55-36-34-49(41-61(55)63)65(50-38-46(42-17-5-3-6-18-42)37-47(39-50)43-19-7-4-8-20-43)48-32-29-44(30-33-48)45-31-35-56-54-24-12-16-28-60(54)64(62(56)40-45)58-26-14-10-22-52(58)53-23-11-15-27-59(53)64/h3-41H,1-2H3. The van der Waals surface area contributed by atoms with Crippen LogP contribution in [0.5, 0.6) is 0 Å². The van der Waals surface area contributed by atoms with E-state index in [0.717, 1.165) is 17.1 Å². The highest BCUT2D eigenvalue weighted by Gasteiger charge is 2.51. The fourth-order valence-electron chi connectivity index (χ4n) is 11.7. The minimum Gasteiger partial charge on any atom is -0.310 e. The molecule has 0 radical (unpaired) electrons. The summed E-state index contributed by atoms with van der Waals surface area (Å²) in [6, 6.07) is 88.2. The van der Waals surface area contributed by atoms with E-state index < -0.39 is 0 Å². The zero-order valence-electron chi connectivity index (χ0n) is 36.5. The van der Waals surface area contributed by atoms with Crippen molar-refractivity contribution >= 4 is 17.1 Å². The van der Waals surface area contributed by atoms with Crippen molar-refractivity contribution in [2.24, 2.45) is 0 Å². The zero-order chi connectivity index (χ0) is 43.3. The van der Waals surface area contributed by atoms with Crippen molar-refractivity contribution in [1.29, 1.82) is 0 Å². The second kappa shape index (κ2) is 14.3. The van der Waals surface area contributed by atoms with Crippen LogP contribution in [-0.4, -0.2) is 0 Å². The average molecular weight is 828 g/mol. The molecule has 0 amide bonds. The monoisotopic (exact) mass is 827 g/mol. The molecule has 0 N–H and O–H groups in total. The van der Waals surface area contributed by atoms with Gasteiger partial charge in [-0.2, -0.15) is 0 Å². The molecular weight excluding hydrogens is 783 g/mol. The predicted molar refractivity (Wildman–Crippen MR) is 271 cm³/mol. The van der Waals surface area contributed by atoms with E-state index in [1.54, 1.807) is 0 Å². The van der Waals surface area contributed by atoms with Gasteiger partial charge >= 0.3 is 0 Å². The Balaban J connectivity index is 0.979. The number of benzene rings is 10. The van der Waals surface area contributed by atoms with Gasteiger partial charge in [-0.05, 0) is 149 Å². The summed E-state index contributed by atoms with van der Waals surface area (Å²) in [5, 5.41) is 0. The Labute approximate surface area is 381 Å². The molecule has 13 rings (SSSR count). The first-order chi connectivity index (χ1) is 32.0. The van der Waals surface area contributed by atoms with Crippen LogP contribution in [0.15, 0.2) is 237 Å². The first-order valence-electron chi connectivity index (χ1n) is 22.8. The highest BCUT2D eigenvalue weighted by Crippen LogP contribution is 2.63. The Morgan fingerprint density at radius 2 is 0.646 bits per heavy atom. The van der Waals surface area contributed by atoms with Crippen molar-refractivity contribution in [3.63, 3.8) is 0 Å². The van der Waals surface area contributed by atoms with E-state index in [1.807, 2.05) is 0 Å². The molecule has 0 bridgehead atoms. The van der Waals surface area contributed by atoms with Gasteiger partial charge in [0.15, 0.2) is 0 Å². The summed E-state index contributed by atoms with van der Waals surface area (Å²) in [5.74, 6) is 0. The molecule has 65 heavy (non-hydrogen) atoms. The lowest BCUT2D eigenvalue weighted by atomic mass is 9.70. The van der Waals surface area contributed by atoms with Crippen molar-refractivity contribution in [2.75, 3.05) is 4.90 Å². The van der Waals surface area contributed by atoms with Crippen LogP contribution < -0.4 is 4.90 Å². The lowest BCUT2D eigenvalue weighted by Crippen LogP contribution is -2.25. The van der Waals surface area contributed by atoms with Crippen LogP contribution in [0, 0.1) is 0 Å². The summed E-state index contributed by atoms with van der Waals surface area (Å²) >= 11 is 0. The minimum atomic E-state index is -0.382. The third-order valence-electron chi connectivity index (χ3n) is 14.7. The van der Waals surface area contributed by atoms with Gasteiger partial charge in [0.05, 0.1) is 5.41 Å². The molecule has 306 valence electrons. The van der Waals surface area contributed by atoms with Gasteiger partial charge in [0, 0.05) is 22.5 Å².